The van der Waals surface area contributed by atoms with Gasteiger partial charge in [-0.05, 0) is 23.6 Å². The summed E-state index contributed by atoms with van der Waals surface area (Å²) in [6.45, 7) is 3.48. The number of nitrogens with one attached hydrogen (secondary N) is 1. The van der Waals surface area contributed by atoms with Gasteiger partial charge >= 0.3 is 6.03 Å². The standard InChI is InChI=1S/C21H25N3O3/c1-15-7-5-6-10-17(15)18(23-21(22)26)13-20(25)24-11-12-27-19(14-24)16-8-3-2-4-9-16/h2-10,18-19H,11-14H2,1H3,(H3,22,23,26). The van der Waals surface area contributed by atoms with E-state index in [0.717, 1.165) is 16.7 Å². The Bertz CT molecular complexity index is 794. The van der Waals surface area contributed by atoms with Gasteiger partial charge in [0, 0.05) is 6.54 Å². The van der Waals surface area contributed by atoms with Crippen LogP contribution in [-0.2, 0) is 9.53 Å². The summed E-state index contributed by atoms with van der Waals surface area (Å²) in [4.78, 5) is 26.2. The Morgan fingerprint density at radius 2 is 1.89 bits per heavy atom. The van der Waals surface area contributed by atoms with Gasteiger partial charge in [0.2, 0.25) is 5.91 Å². The number of rotatable bonds is 5. The van der Waals surface area contributed by atoms with Gasteiger partial charge in [0.05, 0.1) is 25.6 Å². The highest BCUT2D eigenvalue weighted by molar-refractivity contribution is 5.79. The molecule has 0 spiro atoms. The van der Waals surface area contributed by atoms with E-state index in [4.69, 9.17) is 10.5 Å². The smallest absolute Gasteiger partial charge is 0.312 e. The molecule has 0 aromatic heterocycles. The van der Waals surface area contributed by atoms with E-state index in [0.29, 0.717) is 19.7 Å². The summed E-state index contributed by atoms with van der Waals surface area (Å²) in [5, 5.41) is 2.71. The highest BCUT2D eigenvalue weighted by Crippen LogP contribution is 2.25. The Morgan fingerprint density at radius 1 is 1.19 bits per heavy atom. The summed E-state index contributed by atoms with van der Waals surface area (Å²) in [6, 6.07) is 16.5. The first-order chi connectivity index (χ1) is 13.0. The van der Waals surface area contributed by atoms with Gasteiger partial charge in [-0.2, -0.15) is 0 Å². The highest BCUT2D eigenvalue weighted by atomic mass is 16.5. The number of ether oxygens (including phenoxy) is 1. The fourth-order valence-corrected chi connectivity index (χ4v) is 3.44. The molecule has 2 aromatic rings. The summed E-state index contributed by atoms with van der Waals surface area (Å²) < 4.78 is 5.83. The molecule has 0 radical (unpaired) electrons. The lowest BCUT2D eigenvalue weighted by Crippen LogP contribution is -2.44. The van der Waals surface area contributed by atoms with Crippen molar-refractivity contribution in [1.29, 1.82) is 0 Å². The SMILES string of the molecule is Cc1ccccc1C(CC(=O)N1CCOC(c2ccccc2)C1)NC(N)=O. The average Bonchev–Trinajstić information content (AvgIpc) is 2.68. The molecule has 0 aliphatic carbocycles. The van der Waals surface area contributed by atoms with Gasteiger partial charge in [-0.25, -0.2) is 4.79 Å². The van der Waals surface area contributed by atoms with E-state index in [1.54, 1.807) is 4.90 Å². The van der Waals surface area contributed by atoms with Crippen LogP contribution < -0.4 is 11.1 Å². The zero-order valence-corrected chi connectivity index (χ0v) is 15.4. The number of primary amides is 1. The first-order valence-corrected chi connectivity index (χ1v) is 9.10. The van der Waals surface area contributed by atoms with Gasteiger partial charge in [0.25, 0.3) is 0 Å². The van der Waals surface area contributed by atoms with Crippen molar-refractivity contribution in [2.75, 3.05) is 19.7 Å². The Balaban J connectivity index is 1.71. The molecular weight excluding hydrogens is 342 g/mol. The molecule has 27 heavy (non-hydrogen) atoms. The maximum Gasteiger partial charge on any atom is 0.312 e. The van der Waals surface area contributed by atoms with Crippen LogP contribution in [0.2, 0.25) is 0 Å². The summed E-state index contributed by atoms with van der Waals surface area (Å²) in [6.07, 6.45) is 0.0277. The second-order valence-electron chi connectivity index (χ2n) is 6.73. The van der Waals surface area contributed by atoms with Crippen molar-refractivity contribution in [1.82, 2.24) is 10.2 Å². The minimum Gasteiger partial charge on any atom is -0.370 e. The van der Waals surface area contributed by atoms with E-state index in [9.17, 15) is 9.59 Å². The minimum atomic E-state index is -0.639. The number of nitrogens with two attached hydrogens (primary N) is 1. The van der Waals surface area contributed by atoms with Crippen LogP contribution in [0.15, 0.2) is 54.6 Å². The molecule has 1 saturated heterocycles. The fraction of sp³-hybridized carbons (Fsp3) is 0.333. The second kappa shape index (κ2) is 8.68. The maximum atomic E-state index is 12.9. The number of aryl methyl sites for hydroxylation is 1. The van der Waals surface area contributed by atoms with Crippen molar-refractivity contribution >= 4 is 11.9 Å². The molecule has 6 nitrogen and oxygen atoms in total. The molecule has 1 heterocycles. The third-order valence-corrected chi connectivity index (χ3v) is 4.85. The van der Waals surface area contributed by atoms with Gasteiger partial charge in [0.1, 0.15) is 6.10 Å². The quantitative estimate of drug-likeness (QED) is 0.852. The van der Waals surface area contributed by atoms with Crippen LogP contribution in [0.25, 0.3) is 0 Å². The number of nitrogens with zero attached hydrogens (tertiary/aromatic N) is 1. The number of hydrogen-bond acceptors (Lipinski definition) is 3. The number of carbonyl (C=O) groups is 2. The van der Waals surface area contributed by atoms with E-state index >= 15 is 0 Å². The molecule has 2 aromatic carbocycles. The van der Waals surface area contributed by atoms with E-state index in [2.05, 4.69) is 5.32 Å². The lowest BCUT2D eigenvalue weighted by atomic mass is 9.98. The second-order valence-corrected chi connectivity index (χ2v) is 6.73. The van der Waals surface area contributed by atoms with Crippen LogP contribution in [0.1, 0.15) is 35.3 Å². The third-order valence-electron chi connectivity index (χ3n) is 4.85. The van der Waals surface area contributed by atoms with Crippen molar-refractivity contribution in [2.24, 2.45) is 5.73 Å². The lowest BCUT2D eigenvalue weighted by molar-refractivity contribution is -0.139. The molecule has 0 bridgehead atoms. The number of amides is 3. The van der Waals surface area contributed by atoms with Gasteiger partial charge in [-0.15, -0.1) is 0 Å². The molecule has 3 rings (SSSR count). The van der Waals surface area contributed by atoms with E-state index in [1.165, 1.54) is 0 Å². The molecule has 6 heteroatoms. The van der Waals surface area contributed by atoms with Crippen LogP contribution >= 0.6 is 0 Å². The van der Waals surface area contributed by atoms with Gasteiger partial charge in [-0.3, -0.25) is 4.79 Å². The summed E-state index contributed by atoms with van der Waals surface area (Å²) in [5.41, 5.74) is 8.30. The first-order valence-electron chi connectivity index (χ1n) is 9.10. The predicted octanol–water partition coefficient (Wildman–Crippen LogP) is 2.69. The van der Waals surface area contributed by atoms with Crippen LogP contribution in [0.5, 0.6) is 0 Å². The van der Waals surface area contributed by atoms with Crippen molar-refractivity contribution in [3.63, 3.8) is 0 Å². The fourth-order valence-electron chi connectivity index (χ4n) is 3.44. The number of hydrogen-bond donors (Lipinski definition) is 2. The monoisotopic (exact) mass is 367 g/mol. The average molecular weight is 367 g/mol. The normalized spacial score (nSPS) is 18.0. The Labute approximate surface area is 159 Å². The zero-order chi connectivity index (χ0) is 19.2. The van der Waals surface area contributed by atoms with Crippen molar-refractivity contribution in [3.8, 4) is 0 Å². The summed E-state index contributed by atoms with van der Waals surface area (Å²) in [5.74, 6) is -0.0266. The van der Waals surface area contributed by atoms with E-state index in [1.807, 2.05) is 61.5 Å². The van der Waals surface area contributed by atoms with Gasteiger partial charge in [-0.1, -0.05) is 54.6 Å². The summed E-state index contributed by atoms with van der Waals surface area (Å²) in [7, 11) is 0. The van der Waals surface area contributed by atoms with Crippen LogP contribution in [-0.4, -0.2) is 36.5 Å². The molecule has 1 aliphatic heterocycles. The predicted molar refractivity (Wildman–Crippen MR) is 103 cm³/mol. The maximum absolute atomic E-state index is 12.9. The molecule has 2 atom stereocenters. The Morgan fingerprint density at radius 3 is 2.59 bits per heavy atom. The molecule has 142 valence electrons. The summed E-state index contributed by atoms with van der Waals surface area (Å²) >= 11 is 0. The van der Waals surface area contributed by atoms with E-state index < -0.39 is 12.1 Å². The Kier molecular flexibility index (Phi) is 6.08. The highest BCUT2D eigenvalue weighted by Gasteiger charge is 2.28. The van der Waals surface area contributed by atoms with Crippen molar-refractivity contribution in [2.45, 2.75) is 25.5 Å². The van der Waals surface area contributed by atoms with Gasteiger partial charge < -0.3 is 20.7 Å². The number of carbonyl (C=O) groups excluding carboxylic acids is 2. The number of benzene rings is 2. The molecule has 1 fully saturated rings. The van der Waals surface area contributed by atoms with E-state index in [-0.39, 0.29) is 18.4 Å². The molecule has 3 N–H and O–H groups in total. The molecular formula is C21H25N3O3. The Hall–Kier alpha value is -2.86. The molecule has 3 amide bonds. The topological polar surface area (TPSA) is 84.7 Å². The third kappa shape index (κ3) is 4.86. The number of urea groups is 1. The molecule has 1 aliphatic rings. The van der Waals surface area contributed by atoms with Crippen LogP contribution in [0.4, 0.5) is 4.79 Å². The zero-order valence-electron chi connectivity index (χ0n) is 15.4. The minimum absolute atomic E-state index is 0.0266. The first kappa shape index (κ1) is 18.9. The largest absolute Gasteiger partial charge is 0.370 e. The van der Waals surface area contributed by atoms with Crippen molar-refractivity contribution < 1.29 is 14.3 Å². The number of morpholine rings is 1. The van der Waals surface area contributed by atoms with Crippen LogP contribution in [0.3, 0.4) is 0 Å². The molecule has 0 saturated carbocycles. The van der Waals surface area contributed by atoms with Gasteiger partial charge in [0.15, 0.2) is 0 Å². The van der Waals surface area contributed by atoms with Crippen LogP contribution in [0, 0.1) is 6.92 Å². The lowest BCUT2D eigenvalue weighted by Gasteiger charge is -2.34. The van der Waals surface area contributed by atoms with Crippen molar-refractivity contribution in [3.05, 3.63) is 71.3 Å². The molecule has 2 unspecified atom stereocenters.